The highest BCUT2D eigenvalue weighted by molar-refractivity contribution is 6.45. The van der Waals surface area contributed by atoms with Crippen LogP contribution >= 0.6 is 0 Å². The van der Waals surface area contributed by atoms with Crippen molar-refractivity contribution in [3.05, 3.63) is 0 Å². The molecular formula is C11H22BNO3. The van der Waals surface area contributed by atoms with Crippen molar-refractivity contribution in [1.29, 1.82) is 0 Å². The van der Waals surface area contributed by atoms with Crippen LogP contribution in [0.15, 0.2) is 4.99 Å². The summed E-state index contributed by atoms with van der Waals surface area (Å²) in [6.07, 6.45) is 4.66. The Labute approximate surface area is 97.9 Å². The predicted octanol–water partition coefficient (Wildman–Crippen LogP) is 1.20. The van der Waals surface area contributed by atoms with Crippen LogP contribution in [0.1, 0.15) is 47.0 Å². The second-order valence-corrected chi connectivity index (χ2v) is 5.41. The topological polar surface area (TPSA) is 62.0 Å². The molecule has 0 saturated carbocycles. The van der Waals surface area contributed by atoms with E-state index < -0.39 is 18.3 Å². The predicted molar refractivity (Wildman–Crippen MR) is 65.6 cm³/mol. The standard InChI is InChI=1S/C11H22BNO3/c1-10(2,14)11(3,4)16-12(15)9-7-5-6-8-13-9/h8-9,14-15H,5-7H2,1-4H3. The van der Waals surface area contributed by atoms with Crippen molar-refractivity contribution in [2.45, 2.75) is 64.1 Å². The Kier molecular flexibility index (Phi) is 4.15. The van der Waals surface area contributed by atoms with E-state index in [1.165, 1.54) is 0 Å². The van der Waals surface area contributed by atoms with Gasteiger partial charge in [-0.15, -0.1) is 0 Å². The van der Waals surface area contributed by atoms with Gasteiger partial charge in [0.2, 0.25) is 0 Å². The zero-order valence-corrected chi connectivity index (χ0v) is 10.6. The number of aliphatic hydroxyl groups is 1. The Morgan fingerprint density at radius 3 is 2.44 bits per heavy atom. The van der Waals surface area contributed by atoms with Crippen molar-refractivity contribution in [3.63, 3.8) is 0 Å². The molecule has 4 nitrogen and oxygen atoms in total. The van der Waals surface area contributed by atoms with Crippen molar-refractivity contribution >= 4 is 13.3 Å². The molecule has 0 spiro atoms. The van der Waals surface area contributed by atoms with E-state index >= 15 is 0 Å². The molecule has 0 aromatic rings. The summed E-state index contributed by atoms with van der Waals surface area (Å²) in [6.45, 7) is 6.87. The van der Waals surface area contributed by atoms with Gasteiger partial charge in [0.15, 0.2) is 0 Å². The van der Waals surface area contributed by atoms with Crippen LogP contribution in [0.4, 0.5) is 0 Å². The van der Waals surface area contributed by atoms with Crippen LogP contribution in [0.3, 0.4) is 0 Å². The minimum Gasteiger partial charge on any atom is -0.426 e. The van der Waals surface area contributed by atoms with Crippen LogP contribution in [0, 0.1) is 0 Å². The van der Waals surface area contributed by atoms with E-state index in [-0.39, 0.29) is 5.94 Å². The zero-order chi connectivity index (χ0) is 12.4. The molecule has 1 rings (SSSR count). The molecule has 0 aromatic heterocycles. The van der Waals surface area contributed by atoms with Crippen LogP contribution in [-0.4, -0.2) is 40.6 Å². The summed E-state index contributed by atoms with van der Waals surface area (Å²) >= 11 is 0. The molecule has 92 valence electrons. The number of nitrogens with zero attached hydrogens (tertiary/aromatic N) is 1. The smallest absolute Gasteiger partial charge is 0.426 e. The van der Waals surface area contributed by atoms with E-state index in [4.69, 9.17) is 4.65 Å². The quantitative estimate of drug-likeness (QED) is 0.709. The normalized spacial score (nSPS) is 22.2. The lowest BCUT2D eigenvalue weighted by atomic mass is 9.73. The van der Waals surface area contributed by atoms with Crippen LogP contribution in [0.5, 0.6) is 0 Å². The van der Waals surface area contributed by atoms with Gasteiger partial charge in [-0.05, 0) is 53.2 Å². The van der Waals surface area contributed by atoms with E-state index in [0.717, 1.165) is 19.3 Å². The summed E-state index contributed by atoms with van der Waals surface area (Å²) < 4.78 is 5.53. The van der Waals surface area contributed by atoms with E-state index in [0.29, 0.717) is 0 Å². The maximum Gasteiger partial charge on any atom is 0.481 e. The molecule has 0 aromatic carbocycles. The minimum atomic E-state index is -1.01. The summed E-state index contributed by atoms with van der Waals surface area (Å²) in [7, 11) is -0.946. The summed E-state index contributed by atoms with van der Waals surface area (Å²) in [5.41, 5.74) is -1.81. The van der Waals surface area contributed by atoms with Crippen molar-refractivity contribution < 1.29 is 14.8 Å². The van der Waals surface area contributed by atoms with Gasteiger partial charge in [0.25, 0.3) is 0 Å². The van der Waals surface area contributed by atoms with Gasteiger partial charge in [0, 0.05) is 0 Å². The SMILES string of the molecule is CC(C)(O)C(C)(C)OB(O)C1CCCC=N1. The number of aliphatic imine (C=N–C) groups is 1. The molecule has 1 aliphatic heterocycles. The van der Waals surface area contributed by atoms with Gasteiger partial charge in [0.1, 0.15) is 0 Å². The van der Waals surface area contributed by atoms with E-state index in [1.807, 2.05) is 6.21 Å². The van der Waals surface area contributed by atoms with Gasteiger partial charge >= 0.3 is 7.12 Å². The van der Waals surface area contributed by atoms with Crippen molar-refractivity contribution in [3.8, 4) is 0 Å². The highest BCUT2D eigenvalue weighted by Gasteiger charge is 2.41. The molecule has 5 heteroatoms. The average molecular weight is 227 g/mol. The van der Waals surface area contributed by atoms with Crippen LogP contribution in [0.2, 0.25) is 0 Å². The van der Waals surface area contributed by atoms with Crippen molar-refractivity contribution in [2.75, 3.05) is 0 Å². The van der Waals surface area contributed by atoms with Gasteiger partial charge in [-0.2, -0.15) is 0 Å². The van der Waals surface area contributed by atoms with E-state index in [1.54, 1.807) is 27.7 Å². The van der Waals surface area contributed by atoms with Crippen molar-refractivity contribution in [1.82, 2.24) is 0 Å². The third kappa shape index (κ3) is 3.30. The molecule has 0 fully saturated rings. The van der Waals surface area contributed by atoms with E-state index in [9.17, 15) is 10.1 Å². The maximum atomic E-state index is 9.93. The molecule has 0 radical (unpaired) electrons. The first-order valence-corrected chi connectivity index (χ1v) is 5.84. The molecular weight excluding hydrogens is 205 g/mol. The summed E-state index contributed by atoms with van der Waals surface area (Å²) in [4.78, 5) is 4.21. The Morgan fingerprint density at radius 1 is 1.38 bits per heavy atom. The molecule has 16 heavy (non-hydrogen) atoms. The third-order valence-electron chi connectivity index (χ3n) is 3.35. The Balaban J connectivity index is 2.59. The van der Waals surface area contributed by atoms with Crippen LogP contribution < -0.4 is 0 Å². The molecule has 1 unspecified atom stereocenters. The fourth-order valence-electron chi connectivity index (χ4n) is 1.44. The van der Waals surface area contributed by atoms with E-state index in [2.05, 4.69) is 4.99 Å². The largest absolute Gasteiger partial charge is 0.481 e. The maximum absolute atomic E-state index is 9.93. The molecule has 1 heterocycles. The summed E-state index contributed by atoms with van der Waals surface area (Å²) in [5.74, 6) is -0.199. The first kappa shape index (κ1) is 13.7. The lowest BCUT2D eigenvalue weighted by Gasteiger charge is -2.39. The molecule has 0 amide bonds. The van der Waals surface area contributed by atoms with Crippen molar-refractivity contribution in [2.24, 2.45) is 4.99 Å². The first-order valence-electron chi connectivity index (χ1n) is 5.84. The Morgan fingerprint density at radius 2 is 2.00 bits per heavy atom. The Bertz CT molecular complexity index is 260. The average Bonchev–Trinajstić information content (AvgIpc) is 2.16. The second kappa shape index (κ2) is 4.86. The van der Waals surface area contributed by atoms with Gasteiger partial charge in [0.05, 0.1) is 17.1 Å². The summed E-state index contributed by atoms with van der Waals surface area (Å²) in [6, 6.07) is 0. The first-order chi connectivity index (χ1) is 7.24. The molecule has 1 atom stereocenters. The molecule has 0 bridgehead atoms. The monoisotopic (exact) mass is 227 g/mol. The minimum absolute atomic E-state index is 0.199. The zero-order valence-electron chi connectivity index (χ0n) is 10.6. The molecule has 2 N–H and O–H groups in total. The lowest BCUT2D eigenvalue weighted by Crippen LogP contribution is -2.53. The van der Waals surface area contributed by atoms with Gasteiger partial charge < -0.3 is 14.8 Å². The molecule has 1 aliphatic rings. The van der Waals surface area contributed by atoms with Crippen LogP contribution in [0.25, 0.3) is 0 Å². The Hall–Kier alpha value is -0.385. The highest BCUT2D eigenvalue weighted by Crippen LogP contribution is 2.27. The fourth-order valence-corrected chi connectivity index (χ4v) is 1.44. The highest BCUT2D eigenvalue weighted by atomic mass is 16.5. The number of hydrogen-bond donors (Lipinski definition) is 2. The third-order valence-corrected chi connectivity index (χ3v) is 3.35. The summed E-state index contributed by atoms with van der Waals surface area (Å²) in [5, 5.41) is 19.8. The van der Waals surface area contributed by atoms with Gasteiger partial charge in [-0.25, -0.2) is 0 Å². The number of rotatable bonds is 4. The lowest BCUT2D eigenvalue weighted by molar-refractivity contribution is -0.101. The van der Waals surface area contributed by atoms with Gasteiger partial charge in [-0.1, -0.05) is 0 Å². The van der Waals surface area contributed by atoms with Crippen LogP contribution in [-0.2, 0) is 4.65 Å². The molecule has 0 aliphatic carbocycles. The fraction of sp³-hybridized carbons (Fsp3) is 0.909. The number of hydrogen-bond acceptors (Lipinski definition) is 4. The molecule has 0 saturated heterocycles. The van der Waals surface area contributed by atoms with Gasteiger partial charge in [-0.3, -0.25) is 4.99 Å². The second-order valence-electron chi connectivity index (χ2n) is 5.41.